The van der Waals surface area contributed by atoms with Gasteiger partial charge in [0.1, 0.15) is 17.9 Å². The second-order valence-corrected chi connectivity index (χ2v) is 3.91. The van der Waals surface area contributed by atoms with Crippen LogP contribution in [0.4, 0.5) is 19.0 Å². The molecule has 0 aliphatic rings. The number of nitrogens with zero attached hydrogens (tertiary/aromatic N) is 3. The smallest absolute Gasteiger partial charge is 0.420 e. The average molecular weight is 294 g/mol. The van der Waals surface area contributed by atoms with E-state index in [2.05, 4.69) is 15.3 Å². The van der Waals surface area contributed by atoms with Crippen molar-refractivity contribution >= 4 is 5.82 Å². The molecule has 0 saturated heterocycles. The van der Waals surface area contributed by atoms with Crippen molar-refractivity contribution < 1.29 is 17.9 Å². The van der Waals surface area contributed by atoms with E-state index in [1.807, 2.05) is 0 Å². The SMILES string of the molecule is CNc1cc(Oc2ccc(C#N)cc2C(F)(F)F)ncn1. The normalized spacial score (nSPS) is 10.8. The van der Waals surface area contributed by atoms with Crippen LogP contribution in [0.2, 0.25) is 0 Å². The van der Waals surface area contributed by atoms with E-state index in [0.29, 0.717) is 5.82 Å². The highest BCUT2D eigenvalue weighted by atomic mass is 19.4. The van der Waals surface area contributed by atoms with Gasteiger partial charge in [0.2, 0.25) is 5.88 Å². The van der Waals surface area contributed by atoms with E-state index < -0.39 is 17.5 Å². The van der Waals surface area contributed by atoms with E-state index in [1.54, 1.807) is 13.1 Å². The van der Waals surface area contributed by atoms with Gasteiger partial charge in [-0.1, -0.05) is 0 Å². The zero-order chi connectivity index (χ0) is 15.5. The van der Waals surface area contributed by atoms with Gasteiger partial charge >= 0.3 is 6.18 Å². The Morgan fingerprint density at radius 2 is 2.00 bits per heavy atom. The predicted octanol–water partition coefficient (Wildman–Crippen LogP) is 3.20. The van der Waals surface area contributed by atoms with Crippen molar-refractivity contribution in [2.75, 3.05) is 12.4 Å². The van der Waals surface area contributed by atoms with Gasteiger partial charge in [0.25, 0.3) is 0 Å². The van der Waals surface area contributed by atoms with Gasteiger partial charge < -0.3 is 10.1 Å². The molecule has 0 amide bonds. The fourth-order valence-corrected chi connectivity index (χ4v) is 1.55. The molecule has 0 fully saturated rings. The molecule has 1 N–H and O–H groups in total. The molecule has 5 nitrogen and oxygen atoms in total. The molecule has 0 aliphatic heterocycles. The first kappa shape index (κ1) is 14.6. The number of halogens is 3. The molecule has 108 valence electrons. The summed E-state index contributed by atoms with van der Waals surface area (Å²) in [5.74, 6) is -0.0611. The Balaban J connectivity index is 2.42. The van der Waals surface area contributed by atoms with Crippen LogP contribution >= 0.6 is 0 Å². The van der Waals surface area contributed by atoms with Crippen molar-refractivity contribution in [1.29, 1.82) is 5.26 Å². The van der Waals surface area contributed by atoms with Gasteiger partial charge in [-0.2, -0.15) is 18.4 Å². The van der Waals surface area contributed by atoms with Gasteiger partial charge in [-0.25, -0.2) is 9.97 Å². The van der Waals surface area contributed by atoms with Gasteiger partial charge in [0.05, 0.1) is 17.2 Å². The van der Waals surface area contributed by atoms with Crippen molar-refractivity contribution in [3.05, 3.63) is 41.7 Å². The van der Waals surface area contributed by atoms with E-state index in [4.69, 9.17) is 10.00 Å². The van der Waals surface area contributed by atoms with Crippen LogP contribution in [0, 0.1) is 11.3 Å². The first-order chi connectivity index (χ1) is 9.94. The third-order valence-corrected chi connectivity index (χ3v) is 2.53. The maximum absolute atomic E-state index is 13.0. The number of benzene rings is 1. The van der Waals surface area contributed by atoms with Gasteiger partial charge in [-0.05, 0) is 18.2 Å². The van der Waals surface area contributed by atoms with Gasteiger partial charge in [0.15, 0.2) is 0 Å². The minimum atomic E-state index is -4.64. The summed E-state index contributed by atoms with van der Waals surface area (Å²) in [5, 5.41) is 11.4. The van der Waals surface area contributed by atoms with Crippen molar-refractivity contribution in [3.8, 4) is 17.7 Å². The zero-order valence-corrected chi connectivity index (χ0v) is 10.8. The quantitative estimate of drug-likeness (QED) is 0.941. The molecular formula is C13H9F3N4O. The van der Waals surface area contributed by atoms with Crippen molar-refractivity contribution in [2.24, 2.45) is 0 Å². The van der Waals surface area contributed by atoms with Crippen LogP contribution in [0.5, 0.6) is 11.6 Å². The Bertz CT molecular complexity index is 695. The lowest BCUT2D eigenvalue weighted by Crippen LogP contribution is -2.08. The summed E-state index contributed by atoms with van der Waals surface area (Å²) in [4.78, 5) is 7.57. The molecule has 0 unspecified atom stereocenters. The number of ether oxygens (including phenoxy) is 1. The van der Waals surface area contributed by atoms with Crippen molar-refractivity contribution in [2.45, 2.75) is 6.18 Å². The van der Waals surface area contributed by atoms with Crippen LogP contribution in [0.25, 0.3) is 0 Å². The number of nitrogens with one attached hydrogen (secondary N) is 1. The number of rotatable bonds is 3. The lowest BCUT2D eigenvalue weighted by molar-refractivity contribution is -0.138. The molecule has 0 aliphatic carbocycles. The van der Waals surface area contributed by atoms with E-state index in [1.165, 1.54) is 12.1 Å². The molecule has 0 radical (unpaired) electrons. The summed E-state index contributed by atoms with van der Waals surface area (Å²) < 4.78 is 44.1. The predicted molar refractivity (Wildman–Crippen MR) is 67.8 cm³/mol. The molecule has 1 aromatic carbocycles. The minimum absolute atomic E-state index is 0.0374. The molecule has 2 rings (SSSR count). The zero-order valence-electron chi connectivity index (χ0n) is 10.8. The average Bonchev–Trinajstić information content (AvgIpc) is 2.46. The molecule has 21 heavy (non-hydrogen) atoms. The van der Waals surface area contributed by atoms with Gasteiger partial charge in [-0.3, -0.25) is 0 Å². The van der Waals surface area contributed by atoms with E-state index in [0.717, 1.165) is 18.5 Å². The molecular weight excluding hydrogens is 285 g/mol. The van der Waals surface area contributed by atoms with Crippen LogP contribution < -0.4 is 10.1 Å². The Labute approximate surface area is 118 Å². The molecule has 2 aromatic rings. The Morgan fingerprint density at radius 1 is 1.24 bits per heavy atom. The standard InChI is InChI=1S/C13H9F3N4O/c1-18-11-5-12(20-7-19-11)21-10-3-2-8(6-17)4-9(10)13(14,15)16/h2-5,7H,1H3,(H,18,19,20). The highest BCUT2D eigenvalue weighted by molar-refractivity contribution is 5.46. The maximum Gasteiger partial charge on any atom is 0.420 e. The summed E-state index contributed by atoms with van der Waals surface area (Å²) in [6, 6.07) is 6.08. The lowest BCUT2D eigenvalue weighted by atomic mass is 10.1. The van der Waals surface area contributed by atoms with Crippen LogP contribution in [0.15, 0.2) is 30.6 Å². The Hall–Kier alpha value is -2.82. The Kier molecular flexibility index (Phi) is 3.93. The summed E-state index contributed by atoms with van der Waals surface area (Å²) >= 11 is 0. The van der Waals surface area contributed by atoms with Crippen LogP contribution in [0.1, 0.15) is 11.1 Å². The van der Waals surface area contributed by atoms with E-state index in [-0.39, 0.29) is 11.4 Å². The second-order valence-electron chi connectivity index (χ2n) is 3.91. The first-order valence-corrected chi connectivity index (χ1v) is 5.73. The largest absolute Gasteiger partial charge is 0.438 e. The first-order valence-electron chi connectivity index (χ1n) is 5.73. The summed E-state index contributed by atoms with van der Waals surface area (Å²) in [5.41, 5.74) is -1.14. The highest BCUT2D eigenvalue weighted by Crippen LogP contribution is 2.38. The molecule has 0 bridgehead atoms. The second kappa shape index (κ2) is 5.66. The van der Waals surface area contributed by atoms with Crippen molar-refractivity contribution in [1.82, 2.24) is 9.97 Å². The topological polar surface area (TPSA) is 70.8 Å². The fraction of sp³-hybridized carbons (Fsp3) is 0.154. The summed E-state index contributed by atoms with van der Waals surface area (Å²) in [7, 11) is 1.61. The molecule has 0 atom stereocenters. The number of aromatic nitrogens is 2. The number of alkyl halides is 3. The van der Waals surface area contributed by atoms with Crippen LogP contribution in [-0.4, -0.2) is 17.0 Å². The number of hydrogen-bond acceptors (Lipinski definition) is 5. The van der Waals surface area contributed by atoms with Crippen molar-refractivity contribution in [3.63, 3.8) is 0 Å². The number of anilines is 1. The third kappa shape index (κ3) is 3.39. The number of hydrogen-bond donors (Lipinski definition) is 1. The van der Waals surface area contributed by atoms with Crippen LogP contribution in [0.3, 0.4) is 0 Å². The van der Waals surface area contributed by atoms with Gasteiger partial charge in [0, 0.05) is 13.1 Å². The summed E-state index contributed by atoms with van der Waals surface area (Å²) in [6.45, 7) is 0. The van der Waals surface area contributed by atoms with Crippen LogP contribution in [-0.2, 0) is 6.18 Å². The minimum Gasteiger partial charge on any atom is -0.438 e. The Morgan fingerprint density at radius 3 is 2.62 bits per heavy atom. The maximum atomic E-state index is 13.0. The fourth-order valence-electron chi connectivity index (χ4n) is 1.55. The number of nitriles is 1. The lowest BCUT2D eigenvalue weighted by Gasteiger charge is -2.13. The molecule has 0 spiro atoms. The molecule has 0 saturated carbocycles. The third-order valence-electron chi connectivity index (χ3n) is 2.53. The van der Waals surface area contributed by atoms with Gasteiger partial charge in [-0.15, -0.1) is 0 Å². The molecule has 8 heteroatoms. The monoisotopic (exact) mass is 294 g/mol. The summed E-state index contributed by atoms with van der Waals surface area (Å²) in [6.07, 6.45) is -3.47. The molecule has 1 aromatic heterocycles. The van der Waals surface area contributed by atoms with E-state index >= 15 is 0 Å². The highest BCUT2D eigenvalue weighted by Gasteiger charge is 2.35. The van der Waals surface area contributed by atoms with E-state index in [9.17, 15) is 13.2 Å². The molecule has 1 heterocycles.